The highest BCUT2D eigenvalue weighted by Gasteiger charge is 2.10. The second-order valence-electron chi connectivity index (χ2n) is 4.30. The molecule has 0 aromatic carbocycles. The van der Waals surface area contributed by atoms with Crippen molar-refractivity contribution < 1.29 is 4.74 Å². The van der Waals surface area contributed by atoms with Gasteiger partial charge in [0.05, 0.1) is 11.7 Å². The number of anilines is 1. The van der Waals surface area contributed by atoms with E-state index in [0.29, 0.717) is 5.88 Å². The molecule has 1 rings (SSSR count). The molecule has 0 radical (unpaired) electrons. The molecule has 0 aliphatic rings. The van der Waals surface area contributed by atoms with Crippen molar-refractivity contribution in [1.82, 2.24) is 9.97 Å². The van der Waals surface area contributed by atoms with Gasteiger partial charge in [0.2, 0.25) is 5.88 Å². The van der Waals surface area contributed by atoms with Crippen molar-refractivity contribution in [2.45, 2.75) is 53.1 Å². The van der Waals surface area contributed by atoms with Crippen LogP contribution in [0.1, 0.15) is 45.6 Å². The van der Waals surface area contributed by atoms with Crippen LogP contribution in [-0.2, 0) is 0 Å². The Hall–Kier alpha value is -1.32. The Morgan fingerprint density at radius 1 is 1.29 bits per heavy atom. The first-order chi connectivity index (χ1) is 8.19. The maximum absolute atomic E-state index is 5.82. The molecule has 1 N–H and O–H groups in total. The zero-order valence-electron chi connectivity index (χ0n) is 11.3. The topological polar surface area (TPSA) is 47.0 Å². The number of aromatic nitrogens is 2. The fraction of sp³-hybridized carbons (Fsp3) is 0.692. The molecule has 96 valence electrons. The molecule has 1 heterocycles. The van der Waals surface area contributed by atoms with E-state index in [-0.39, 0.29) is 6.10 Å². The standard InChI is InChI=1S/C13H23N3O/c1-5-7-10(3)17-13-11(4)12(14-8-6-2)15-9-16-13/h9-10H,5-8H2,1-4H3,(H,14,15,16). The minimum atomic E-state index is 0.202. The van der Waals surface area contributed by atoms with Crippen LogP contribution in [0.15, 0.2) is 6.33 Å². The second kappa shape index (κ2) is 7.09. The first kappa shape index (κ1) is 13.7. The summed E-state index contributed by atoms with van der Waals surface area (Å²) in [5.74, 6) is 1.57. The van der Waals surface area contributed by atoms with Gasteiger partial charge in [0.15, 0.2) is 0 Å². The molecule has 0 aliphatic carbocycles. The molecular weight excluding hydrogens is 214 g/mol. The number of ether oxygens (including phenoxy) is 1. The van der Waals surface area contributed by atoms with Crippen molar-refractivity contribution >= 4 is 5.82 Å². The highest BCUT2D eigenvalue weighted by atomic mass is 16.5. The SMILES string of the molecule is CCCNc1ncnc(OC(C)CCC)c1C. The zero-order valence-corrected chi connectivity index (χ0v) is 11.3. The second-order valence-corrected chi connectivity index (χ2v) is 4.30. The molecule has 0 fully saturated rings. The van der Waals surface area contributed by atoms with Gasteiger partial charge in [0, 0.05) is 6.54 Å². The van der Waals surface area contributed by atoms with Crippen LogP contribution in [0.4, 0.5) is 5.82 Å². The van der Waals surface area contributed by atoms with Crippen LogP contribution >= 0.6 is 0 Å². The van der Waals surface area contributed by atoms with Gasteiger partial charge in [0.25, 0.3) is 0 Å². The van der Waals surface area contributed by atoms with E-state index in [0.717, 1.165) is 37.2 Å². The lowest BCUT2D eigenvalue weighted by Gasteiger charge is -2.16. The molecule has 0 saturated carbocycles. The van der Waals surface area contributed by atoms with Crippen LogP contribution in [0.2, 0.25) is 0 Å². The zero-order chi connectivity index (χ0) is 12.7. The molecule has 1 aromatic rings. The summed E-state index contributed by atoms with van der Waals surface area (Å²) in [5, 5.41) is 3.28. The van der Waals surface area contributed by atoms with Gasteiger partial charge in [-0.25, -0.2) is 9.97 Å². The van der Waals surface area contributed by atoms with Crippen molar-refractivity contribution in [2.24, 2.45) is 0 Å². The number of nitrogens with one attached hydrogen (secondary N) is 1. The predicted octanol–water partition coefficient (Wildman–Crippen LogP) is 3.17. The molecule has 0 amide bonds. The average molecular weight is 237 g/mol. The summed E-state index contributed by atoms with van der Waals surface area (Å²) in [6, 6.07) is 0. The summed E-state index contributed by atoms with van der Waals surface area (Å²) in [4.78, 5) is 8.42. The average Bonchev–Trinajstić information content (AvgIpc) is 2.30. The molecule has 0 spiro atoms. The van der Waals surface area contributed by atoms with Crippen molar-refractivity contribution in [2.75, 3.05) is 11.9 Å². The molecule has 4 nitrogen and oxygen atoms in total. The van der Waals surface area contributed by atoms with E-state index in [1.165, 1.54) is 0 Å². The Bertz CT molecular complexity index is 341. The van der Waals surface area contributed by atoms with E-state index in [4.69, 9.17) is 4.74 Å². The quantitative estimate of drug-likeness (QED) is 0.791. The van der Waals surface area contributed by atoms with Crippen molar-refractivity contribution in [1.29, 1.82) is 0 Å². The molecule has 17 heavy (non-hydrogen) atoms. The molecule has 0 aliphatic heterocycles. The normalized spacial score (nSPS) is 12.2. The molecule has 1 aromatic heterocycles. The lowest BCUT2D eigenvalue weighted by molar-refractivity contribution is 0.200. The predicted molar refractivity (Wildman–Crippen MR) is 70.5 cm³/mol. The smallest absolute Gasteiger partial charge is 0.221 e. The fourth-order valence-electron chi connectivity index (χ4n) is 1.63. The Morgan fingerprint density at radius 3 is 2.71 bits per heavy atom. The van der Waals surface area contributed by atoms with Crippen LogP contribution in [0, 0.1) is 6.92 Å². The van der Waals surface area contributed by atoms with Gasteiger partial charge in [-0.15, -0.1) is 0 Å². The Balaban J connectivity index is 2.72. The molecule has 1 atom stereocenters. The van der Waals surface area contributed by atoms with E-state index in [9.17, 15) is 0 Å². The van der Waals surface area contributed by atoms with Crippen molar-refractivity contribution in [3.63, 3.8) is 0 Å². The van der Waals surface area contributed by atoms with Gasteiger partial charge in [-0.1, -0.05) is 20.3 Å². The maximum atomic E-state index is 5.82. The lowest BCUT2D eigenvalue weighted by atomic mass is 10.2. The fourth-order valence-corrected chi connectivity index (χ4v) is 1.63. The van der Waals surface area contributed by atoms with Crippen LogP contribution in [0.25, 0.3) is 0 Å². The third kappa shape index (κ3) is 4.21. The van der Waals surface area contributed by atoms with E-state index < -0.39 is 0 Å². The van der Waals surface area contributed by atoms with Gasteiger partial charge in [0.1, 0.15) is 12.1 Å². The van der Waals surface area contributed by atoms with Crippen LogP contribution in [-0.4, -0.2) is 22.6 Å². The molecule has 1 unspecified atom stereocenters. The summed E-state index contributed by atoms with van der Waals surface area (Å²) in [6.45, 7) is 9.27. The Morgan fingerprint density at radius 2 is 2.06 bits per heavy atom. The summed E-state index contributed by atoms with van der Waals surface area (Å²) in [7, 11) is 0. The van der Waals surface area contributed by atoms with E-state index in [1.54, 1.807) is 6.33 Å². The van der Waals surface area contributed by atoms with Gasteiger partial charge in [-0.2, -0.15) is 0 Å². The van der Waals surface area contributed by atoms with Crippen LogP contribution in [0.3, 0.4) is 0 Å². The minimum Gasteiger partial charge on any atom is -0.474 e. The van der Waals surface area contributed by atoms with Crippen LogP contribution in [0.5, 0.6) is 5.88 Å². The number of hydrogen-bond donors (Lipinski definition) is 1. The van der Waals surface area contributed by atoms with Crippen molar-refractivity contribution in [3.8, 4) is 5.88 Å². The van der Waals surface area contributed by atoms with E-state index in [1.807, 2.05) is 6.92 Å². The largest absolute Gasteiger partial charge is 0.474 e. The number of rotatable bonds is 7. The highest BCUT2D eigenvalue weighted by Crippen LogP contribution is 2.22. The molecular formula is C13H23N3O. The summed E-state index contributed by atoms with van der Waals surface area (Å²) in [6.07, 6.45) is 4.99. The third-order valence-electron chi connectivity index (χ3n) is 2.59. The summed E-state index contributed by atoms with van der Waals surface area (Å²) < 4.78 is 5.82. The van der Waals surface area contributed by atoms with Gasteiger partial charge < -0.3 is 10.1 Å². The molecule has 0 bridgehead atoms. The first-order valence-corrected chi connectivity index (χ1v) is 6.41. The Labute approximate surface area is 104 Å². The summed E-state index contributed by atoms with van der Waals surface area (Å²) in [5.41, 5.74) is 0.990. The molecule has 0 saturated heterocycles. The van der Waals surface area contributed by atoms with E-state index >= 15 is 0 Å². The third-order valence-corrected chi connectivity index (χ3v) is 2.59. The lowest BCUT2D eigenvalue weighted by Crippen LogP contribution is -2.14. The monoisotopic (exact) mass is 237 g/mol. The number of hydrogen-bond acceptors (Lipinski definition) is 4. The number of nitrogens with zero attached hydrogens (tertiary/aromatic N) is 2. The van der Waals surface area contributed by atoms with E-state index in [2.05, 4.69) is 36.1 Å². The van der Waals surface area contributed by atoms with Gasteiger partial charge >= 0.3 is 0 Å². The van der Waals surface area contributed by atoms with Gasteiger partial charge in [-0.3, -0.25) is 0 Å². The highest BCUT2D eigenvalue weighted by molar-refractivity contribution is 5.47. The maximum Gasteiger partial charge on any atom is 0.221 e. The van der Waals surface area contributed by atoms with Crippen LogP contribution < -0.4 is 10.1 Å². The molecule has 4 heteroatoms. The summed E-state index contributed by atoms with van der Waals surface area (Å²) >= 11 is 0. The first-order valence-electron chi connectivity index (χ1n) is 6.41. The van der Waals surface area contributed by atoms with Gasteiger partial charge in [-0.05, 0) is 26.7 Å². The Kier molecular flexibility index (Phi) is 5.73. The minimum absolute atomic E-state index is 0.202. The van der Waals surface area contributed by atoms with Crippen molar-refractivity contribution in [3.05, 3.63) is 11.9 Å².